The molecule has 0 bridgehead atoms. The highest BCUT2D eigenvalue weighted by atomic mass is 16.5. The number of amides is 1. The molecular formula is C34H43N3O2. The third kappa shape index (κ3) is 7.51. The molecule has 3 aromatic carbocycles. The van der Waals surface area contributed by atoms with Crippen LogP contribution in [0.2, 0.25) is 0 Å². The van der Waals surface area contributed by atoms with Gasteiger partial charge in [0.25, 0.3) is 0 Å². The molecule has 0 saturated heterocycles. The first-order valence-electron chi connectivity index (χ1n) is 14.4. The molecule has 1 amide bonds. The number of aromatic nitrogens is 1. The van der Waals surface area contributed by atoms with E-state index in [1.165, 1.54) is 16.5 Å². The highest BCUT2D eigenvalue weighted by Crippen LogP contribution is 2.36. The predicted molar refractivity (Wildman–Crippen MR) is 162 cm³/mol. The first-order valence-corrected chi connectivity index (χ1v) is 14.4. The quantitative estimate of drug-likeness (QED) is 0.184. The van der Waals surface area contributed by atoms with Crippen molar-refractivity contribution in [3.63, 3.8) is 0 Å². The fourth-order valence-electron chi connectivity index (χ4n) is 5.39. The van der Waals surface area contributed by atoms with Crippen LogP contribution in [0.1, 0.15) is 64.0 Å². The normalized spacial score (nSPS) is 12.9. The Hall–Kier alpha value is -3.57. The molecule has 5 nitrogen and oxygen atoms in total. The van der Waals surface area contributed by atoms with E-state index < -0.39 is 0 Å². The summed E-state index contributed by atoms with van der Waals surface area (Å²) in [4.78, 5) is 15.9. The Bertz CT molecular complexity index is 1330. The first kappa shape index (κ1) is 28.4. The van der Waals surface area contributed by atoms with Crippen molar-refractivity contribution in [1.82, 2.24) is 14.8 Å². The maximum absolute atomic E-state index is 13.4. The Morgan fingerprint density at radius 1 is 0.923 bits per heavy atom. The van der Waals surface area contributed by atoms with E-state index in [0.29, 0.717) is 6.42 Å². The van der Waals surface area contributed by atoms with Gasteiger partial charge >= 0.3 is 0 Å². The Morgan fingerprint density at radius 3 is 2.38 bits per heavy atom. The molecule has 0 aliphatic rings. The van der Waals surface area contributed by atoms with Crippen molar-refractivity contribution in [3.05, 3.63) is 96.2 Å². The molecule has 39 heavy (non-hydrogen) atoms. The Kier molecular flexibility index (Phi) is 10.2. The van der Waals surface area contributed by atoms with Gasteiger partial charge in [-0.05, 0) is 87.8 Å². The lowest BCUT2D eigenvalue weighted by atomic mass is 9.87. The summed E-state index contributed by atoms with van der Waals surface area (Å²) in [5.41, 5.74) is 3.45. The average Bonchev–Trinajstić information content (AvgIpc) is 3.33. The molecule has 0 aliphatic heterocycles. The zero-order valence-electron chi connectivity index (χ0n) is 23.9. The lowest BCUT2D eigenvalue weighted by molar-refractivity contribution is -0.121. The minimum absolute atomic E-state index is 0.0815. The van der Waals surface area contributed by atoms with Crippen molar-refractivity contribution in [1.29, 1.82) is 0 Å². The molecule has 0 radical (unpaired) electrons. The van der Waals surface area contributed by atoms with Crippen LogP contribution in [-0.4, -0.2) is 41.1 Å². The molecule has 4 aromatic rings. The van der Waals surface area contributed by atoms with Gasteiger partial charge in [-0.15, -0.1) is 0 Å². The van der Waals surface area contributed by atoms with Gasteiger partial charge in [0, 0.05) is 42.0 Å². The lowest BCUT2D eigenvalue weighted by Crippen LogP contribution is -2.34. The first-order chi connectivity index (χ1) is 19.0. The van der Waals surface area contributed by atoms with Gasteiger partial charge in [-0.1, -0.05) is 62.4 Å². The second kappa shape index (κ2) is 14.0. The van der Waals surface area contributed by atoms with Crippen molar-refractivity contribution in [3.8, 4) is 11.5 Å². The zero-order chi connectivity index (χ0) is 27.6. The fraction of sp³-hybridized carbons (Fsp3) is 0.382. The van der Waals surface area contributed by atoms with Gasteiger partial charge in [0.1, 0.15) is 11.5 Å². The van der Waals surface area contributed by atoms with Gasteiger partial charge < -0.3 is 19.5 Å². The standard InChI is InChI=1S/C34H43N3O2/c1-5-36(6-2)22-14-15-26(4)35-34(38)24-31(32-25-37(7-3)33-21-12-11-20-30(32)33)27-16-13-19-29(23-27)39-28-17-9-8-10-18-28/h8-13,16-21,23,25-26,31H,5-7,14-15,22,24H2,1-4H3,(H,35,38)/t26-,31-/m0/s1. The molecule has 4 rings (SSSR count). The number of aryl methyl sites for hydroxylation is 1. The molecule has 1 aromatic heterocycles. The Morgan fingerprint density at radius 2 is 1.64 bits per heavy atom. The fourth-order valence-corrected chi connectivity index (χ4v) is 5.39. The number of nitrogens with zero attached hydrogens (tertiary/aromatic N) is 2. The molecule has 0 aliphatic carbocycles. The van der Waals surface area contributed by atoms with Crippen molar-refractivity contribution < 1.29 is 9.53 Å². The number of benzene rings is 3. The van der Waals surface area contributed by atoms with E-state index in [2.05, 4.69) is 85.1 Å². The van der Waals surface area contributed by atoms with E-state index >= 15 is 0 Å². The third-order valence-electron chi connectivity index (χ3n) is 7.58. The molecule has 0 saturated carbocycles. The van der Waals surface area contributed by atoms with E-state index in [1.54, 1.807) is 0 Å². The number of rotatable bonds is 14. The highest BCUT2D eigenvalue weighted by Gasteiger charge is 2.24. The number of hydrogen-bond acceptors (Lipinski definition) is 3. The summed E-state index contributed by atoms with van der Waals surface area (Å²) in [6, 6.07) is 26.6. The number of carbonyl (C=O) groups excluding carboxylic acids is 1. The van der Waals surface area contributed by atoms with Crippen LogP contribution in [0.15, 0.2) is 85.1 Å². The van der Waals surface area contributed by atoms with Crippen molar-refractivity contribution in [2.24, 2.45) is 0 Å². The van der Waals surface area contributed by atoms with Crippen LogP contribution in [0.5, 0.6) is 11.5 Å². The minimum atomic E-state index is -0.0927. The largest absolute Gasteiger partial charge is 0.457 e. The van der Waals surface area contributed by atoms with Crippen LogP contribution in [0, 0.1) is 0 Å². The summed E-state index contributed by atoms with van der Waals surface area (Å²) in [5, 5.41) is 4.48. The van der Waals surface area contributed by atoms with Crippen LogP contribution in [-0.2, 0) is 11.3 Å². The maximum Gasteiger partial charge on any atom is 0.221 e. The van der Waals surface area contributed by atoms with Crippen LogP contribution in [0.3, 0.4) is 0 Å². The van der Waals surface area contributed by atoms with Crippen molar-refractivity contribution in [2.45, 2.75) is 65.5 Å². The highest BCUT2D eigenvalue weighted by molar-refractivity contribution is 5.86. The molecule has 0 fully saturated rings. The summed E-state index contributed by atoms with van der Waals surface area (Å²) in [6.07, 6.45) is 4.66. The van der Waals surface area contributed by atoms with Crippen LogP contribution in [0.4, 0.5) is 0 Å². The van der Waals surface area contributed by atoms with E-state index in [0.717, 1.165) is 56.1 Å². The molecule has 2 atom stereocenters. The van der Waals surface area contributed by atoms with E-state index in [1.807, 2.05) is 42.5 Å². The second-order valence-corrected chi connectivity index (χ2v) is 10.3. The SMILES string of the molecule is CCN(CC)CCC[C@H](C)NC(=O)C[C@@H](c1cccc(Oc2ccccc2)c1)c1cn(CC)c2ccccc12. The number of ether oxygens (including phenoxy) is 1. The summed E-state index contributed by atoms with van der Waals surface area (Å²) >= 11 is 0. The van der Waals surface area contributed by atoms with Gasteiger partial charge in [0.15, 0.2) is 0 Å². The predicted octanol–water partition coefficient (Wildman–Crippen LogP) is 7.60. The lowest BCUT2D eigenvalue weighted by Gasteiger charge is -2.22. The Balaban J connectivity index is 1.58. The van der Waals surface area contributed by atoms with E-state index in [4.69, 9.17) is 4.74 Å². The second-order valence-electron chi connectivity index (χ2n) is 10.3. The number of carbonyl (C=O) groups is 1. The summed E-state index contributed by atoms with van der Waals surface area (Å²) in [6.45, 7) is 12.8. The third-order valence-corrected chi connectivity index (χ3v) is 7.58. The van der Waals surface area contributed by atoms with E-state index in [9.17, 15) is 4.79 Å². The summed E-state index contributed by atoms with van der Waals surface area (Å²) in [7, 11) is 0. The molecule has 0 spiro atoms. The van der Waals surface area contributed by atoms with Gasteiger partial charge in [0.05, 0.1) is 0 Å². The monoisotopic (exact) mass is 525 g/mol. The van der Waals surface area contributed by atoms with Gasteiger partial charge in [0.2, 0.25) is 5.91 Å². The number of nitrogens with one attached hydrogen (secondary N) is 1. The van der Waals surface area contributed by atoms with Gasteiger partial charge in [-0.2, -0.15) is 0 Å². The number of para-hydroxylation sites is 2. The Labute approximate surface area is 233 Å². The molecule has 0 unspecified atom stereocenters. The average molecular weight is 526 g/mol. The summed E-state index contributed by atoms with van der Waals surface area (Å²) in [5.74, 6) is 1.56. The topological polar surface area (TPSA) is 46.5 Å². The minimum Gasteiger partial charge on any atom is -0.457 e. The van der Waals surface area contributed by atoms with Gasteiger partial charge in [-0.25, -0.2) is 0 Å². The smallest absolute Gasteiger partial charge is 0.221 e. The molecule has 206 valence electrons. The van der Waals surface area contributed by atoms with Crippen molar-refractivity contribution in [2.75, 3.05) is 19.6 Å². The van der Waals surface area contributed by atoms with Crippen LogP contribution < -0.4 is 10.1 Å². The number of fused-ring (bicyclic) bond motifs is 1. The van der Waals surface area contributed by atoms with Crippen LogP contribution >= 0.6 is 0 Å². The van der Waals surface area contributed by atoms with Gasteiger partial charge in [-0.3, -0.25) is 4.79 Å². The summed E-state index contributed by atoms with van der Waals surface area (Å²) < 4.78 is 8.43. The van der Waals surface area contributed by atoms with Crippen molar-refractivity contribution >= 4 is 16.8 Å². The van der Waals surface area contributed by atoms with E-state index in [-0.39, 0.29) is 17.9 Å². The van der Waals surface area contributed by atoms with Crippen LogP contribution in [0.25, 0.3) is 10.9 Å². The molecule has 5 heteroatoms. The molecule has 1 heterocycles. The maximum atomic E-state index is 13.4. The molecule has 1 N–H and O–H groups in total. The number of hydrogen-bond donors (Lipinski definition) is 1. The molecular weight excluding hydrogens is 482 g/mol. The zero-order valence-corrected chi connectivity index (χ0v) is 23.9.